The SMILES string of the molecule is CCC([PH-])(COC(=O)O)SS(C)(=O)=O. The maximum Gasteiger partial charge on any atom is 0.505 e. The highest BCUT2D eigenvalue weighted by Gasteiger charge is 2.22. The Morgan fingerprint density at radius 3 is 2.43 bits per heavy atom. The van der Waals surface area contributed by atoms with E-state index in [1.807, 2.05) is 0 Å². The molecule has 8 heteroatoms. The molecule has 0 fully saturated rings. The van der Waals surface area contributed by atoms with E-state index in [0.29, 0.717) is 17.2 Å². The molecule has 0 aromatic carbocycles. The minimum Gasteiger partial charge on any atom is -0.536 e. The van der Waals surface area contributed by atoms with E-state index in [-0.39, 0.29) is 6.61 Å². The Morgan fingerprint density at radius 2 is 2.14 bits per heavy atom. The molecule has 1 N–H and O–H groups in total. The summed E-state index contributed by atoms with van der Waals surface area (Å²) in [5, 5.41) is 8.27. The fourth-order valence-corrected chi connectivity index (χ4v) is 5.13. The van der Waals surface area contributed by atoms with Gasteiger partial charge in [-0.15, -0.1) is 0 Å². The molecule has 0 spiro atoms. The molecule has 14 heavy (non-hydrogen) atoms. The minimum atomic E-state index is -3.25. The predicted molar refractivity (Wildman–Crippen MR) is 57.7 cm³/mol. The van der Waals surface area contributed by atoms with Crippen molar-refractivity contribution in [2.45, 2.75) is 17.8 Å². The van der Waals surface area contributed by atoms with Crippen molar-refractivity contribution in [1.82, 2.24) is 0 Å². The average Bonchev–Trinajstić information content (AvgIpc) is 1.98. The van der Waals surface area contributed by atoms with Crippen molar-refractivity contribution in [1.29, 1.82) is 0 Å². The molecule has 0 aliphatic rings. The van der Waals surface area contributed by atoms with Crippen molar-refractivity contribution in [3.8, 4) is 0 Å². The van der Waals surface area contributed by atoms with Crippen LogP contribution >= 0.6 is 20.0 Å². The third-order valence-electron chi connectivity index (χ3n) is 1.31. The molecule has 1 unspecified atom stereocenters. The zero-order valence-corrected chi connectivity index (χ0v) is 10.4. The minimum absolute atomic E-state index is 0.215. The summed E-state index contributed by atoms with van der Waals surface area (Å²) < 4.78 is 25.4. The smallest absolute Gasteiger partial charge is 0.505 e. The van der Waals surface area contributed by atoms with Crippen molar-refractivity contribution in [3.05, 3.63) is 0 Å². The Hall–Kier alpha value is -0.000000000000000111. The molecule has 0 saturated heterocycles. The molecule has 0 aliphatic carbocycles. The van der Waals surface area contributed by atoms with Crippen LogP contribution in [0, 0.1) is 0 Å². The molecule has 84 valence electrons. The molecule has 0 aromatic heterocycles. The summed E-state index contributed by atoms with van der Waals surface area (Å²) in [7, 11) is 0.596. The van der Waals surface area contributed by atoms with E-state index in [0.717, 1.165) is 6.26 Å². The second kappa shape index (κ2) is 5.19. The van der Waals surface area contributed by atoms with Gasteiger partial charge in [0.15, 0.2) is 8.87 Å². The van der Waals surface area contributed by atoms with Crippen LogP contribution in [-0.4, -0.2) is 37.0 Å². The van der Waals surface area contributed by atoms with E-state index in [9.17, 15) is 13.2 Å². The van der Waals surface area contributed by atoms with Crippen molar-refractivity contribution in [3.63, 3.8) is 0 Å². The first kappa shape index (κ1) is 14.0. The molecule has 5 nitrogen and oxygen atoms in total. The van der Waals surface area contributed by atoms with E-state index >= 15 is 0 Å². The fourth-order valence-electron chi connectivity index (χ4n) is 0.653. The largest absolute Gasteiger partial charge is 0.536 e. The molecule has 0 saturated carbocycles. The molecule has 0 aromatic rings. The summed E-state index contributed by atoms with van der Waals surface area (Å²) in [5.74, 6) is 0. The zero-order valence-electron chi connectivity index (χ0n) is 7.81. The fraction of sp³-hybridized carbons (Fsp3) is 0.833. The Kier molecular flexibility index (Phi) is 5.19. The van der Waals surface area contributed by atoms with Crippen molar-refractivity contribution < 1.29 is 23.1 Å². The Labute approximate surface area is 89.1 Å². The zero-order chi connectivity index (χ0) is 11.4. The maximum atomic E-state index is 11.0. The Morgan fingerprint density at radius 1 is 1.64 bits per heavy atom. The van der Waals surface area contributed by atoms with Crippen molar-refractivity contribution in [2.24, 2.45) is 0 Å². The summed E-state index contributed by atoms with van der Waals surface area (Å²) in [5.41, 5.74) is 0. The van der Waals surface area contributed by atoms with Gasteiger partial charge in [-0.1, -0.05) is 28.6 Å². The monoisotopic (exact) mass is 259 g/mol. The number of ether oxygens (including phenoxy) is 1. The Balaban J connectivity index is 4.40. The van der Waals surface area contributed by atoms with Gasteiger partial charge in [-0.2, -0.15) is 0 Å². The molecule has 0 heterocycles. The summed E-state index contributed by atoms with van der Waals surface area (Å²) in [6.07, 6.45) is 0.0629. The second-order valence-corrected chi connectivity index (χ2v) is 8.68. The van der Waals surface area contributed by atoms with Crippen LogP contribution in [0.4, 0.5) is 4.79 Å². The van der Waals surface area contributed by atoms with Gasteiger partial charge in [-0.05, 0) is 0 Å². The third kappa shape index (κ3) is 6.45. The lowest BCUT2D eigenvalue weighted by Gasteiger charge is -2.34. The van der Waals surface area contributed by atoms with Crippen LogP contribution in [0.3, 0.4) is 0 Å². The average molecular weight is 259 g/mol. The Bertz CT molecular complexity index is 301. The summed E-state index contributed by atoms with van der Waals surface area (Å²) in [4.78, 5) is 10.1. The lowest BCUT2D eigenvalue weighted by molar-refractivity contribution is 0.0895. The molecular weight excluding hydrogens is 247 g/mol. The standard InChI is InChI=1S/C6H12O5PS2/c1-3-6(12,4-11-5(7)8)13-14(2,9)10/h12H,3-4H2,1-2H3,(H,7,8)/q-1. The highest BCUT2D eigenvalue weighted by atomic mass is 33.1. The van der Waals surface area contributed by atoms with Crippen LogP contribution in [0.5, 0.6) is 0 Å². The van der Waals surface area contributed by atoms with Gasteiger partial charge in [0.2, 0.25) is 0 Å². The maximum absolute atomic E-state index is 11.0. The number of rotatable bonds is 5. The van der Waals surface area contributed by atoms with E-state index < -0.39 is 19.5 Å². The quantitative estimate of drug-likeness (QED) is 0.459. The lowest BCUT2D eigenvalue weighted by Crippen LogP contribution is -2.25. The van der Waals surface area contributed by atoms with Crippen LogP contribution in [-0.2, 0) is 13.6 Å². The number of carboxylic acid groups (broad SMARTS) is 1. The van der Waals surface area contributed by atoms with Gasteiger partial charge >= 0.3 is 6.16 Å². The number of hydrogen-bond donors (Lipinski definition) is 1. The van der Waals surface area contributed by atoms with E-state index in [1.165, 1.54) is 0 Å². The van der Waals surface area contributed by atoms with E-state index in [2.05, 4.69) is 14.0 Å². The van der Waals surface area contributed by atoms with Crippen LogP contribution in [0.15, 0.2) is 0 Å². The van der Waals surface area contributed by atoms with Crippen LogP contribution in [0.25, 0.3) is 0 Å². The van der Waals surface area contributed by atoms with Crippen molar-refractivity contribution >= 4 is 35.1 Å². The summed E-state index contributed by atoms with van der Waals surface area (Å²) >= 11 is 0. The number of hydrogen-bond acceptors (Lipinski definition) is 5. The lowest BCUT2D eigenvalue weighted by atomic mass is 10.3. The van der Waals surface area contributed by atoms with Gasteiger partial charge in [0.05, 0.1) is 6.61 Å². The van der Waals surface area contributed by atoms with Gasteiger partial charge < -0.3 is 19.1 Å². The molecule has 0 bridgehead atoms. The van der Waals surface area contributed by atoms with Crippen LogP contribution < -0.4 is 0 Å². The second-order valence-electron chi connectivity index (χ2n) is 2.69. The number of carbonyl (C=O) groups is 1. The third-order valence-corrected chi connectivity index (χ3v) is 5.45. The van der Waals surface area contributed by atoms with Gasteiger partial charge in [0.1, 0.15) is 0 Å². The first-order chi connectivity index (χ1) is 6.18. The molecular formula is C6H12O5PS2-. The molecule has 0 aliphatic heterocycles. The summed E-state index contributed by atoms with van der Waals surface area (Å²) in [6, 6.07) is 0. The molecule has 0 rings (SSSR count). The van der Waals surface area contributed by atoms with Crippen molar-refractivity contribution in [2.75, 3.05) is 12.9 Å². The van der Waals surface area contributed by atoms with Gasteiger partial charge in [0.25, 0.3) is 0 Å². The van der Waals surface area contributed by atoms with Gasteiger partial charge in [0, 0.05) is 6.26 Å². The van der Waals surface area contributed by atoms with Crippen LogP contribution in [0.2, 0.25) is 0 Å². The predicted octanol–water partition coefficient (Wildman–Crippen LogP) is 1.62. The van der Waals surface area contributed by atoms with Crippen LogP contribution in [0.1, 0.15) is 13.3 Å². The van der Waals surface area contributed by atoms with E-state index in [1.54, 1.807) is 6.92 Å². The molecule has 0 amide bonds. The van der Waals surface area contributed by atoms with E-state index in [4.69, 9.17) is 5.11 Å². The van der Waals surface area contributed by atoms with Gasteiger partial charge in [-0.3, -0.25) is 0 Å². The topological polar surface area (TPSA) is 80.7 Å². The van der Waals surface area contributed by atoms with Gasteiger partial charge in [-0.25, -0.2) is 13.2 Å². The highest BCUT2D eigenvalue weighted by Crippen LogP contribution is 2.39. The molecule has 1 atom stereocenters. The first-order valence-corrected chi connectivity index (χ1v) is 7.42. The normalized spacial score (nSPS) is 15.9. The first-order valence-electron chi connectivity index (χ1n) is 3.70. The summed E-state index contributed by atoms with van der Waals surface area (Å²) in [6.45, 7) is 1.52. The molecule has 0 radical (unpaired) electrons. The highest BCUT2D eigenvalue weighted by molar-refractivity contribution is 8.73.